The van der Waals surface area contributed by atoms with Crippen molar-refractivity contribution in [1.29, 1.82) is 0 Å². The molecule has 0 heterocycles. The van der Waals surface area contributed by atoms with Crippen molar-refractivity contribution < 1.29 is 22.7 Å². The van der Waals surface area contributed by atoms with Gasteiger partial charge in [-0.2, -0.15) is 0 Å². The van der Waals surface area contributed by atoms with Gasteiger partial charge in [-0.3, -0.25) is 9.79 Å². The fraction of sp³-hybridized carbons (Fsp3) is 0.263. The third-order valence-corrected chi connectivity index (χ3v) is 3.57. The minimum atomic E-state index is -1.64. The smallest absolute Gasteiger partial charge is 0.243 e. The summed E-state index contributed by atoms with van der Waals surface area (Å²) in [6.07, 6.45) is 0.696. The molecule has 0 spiro atoms. The van der Waals surface area contributed by atoms with Crippen LogP contribution in [0.1, 0.15) is 6.42 Å². The normalized spacial score (nSPS) is 10.7. The predicted molar refractivity (Wildman–Crippen MR) is 116 cm³/mol. The first-order valence-corrected chi connectivity index (χ1v) is 8.57. The third kappa shape index (κ3) is 8.18. The van der Waals surface area contributed by atoms with Crippen LogP contribution in [0, 0.1) is 17.5 Å². The molecule has 0 unspecified atom stereocenters. The number of amides is 1. The number of carbonyl (C=O) groups is 1. The van der Waals surface area contributed by atoms with Crippen LogP contribution >= 0.6 is 24.0 Å². The number of nitrogens with zero attached hydrogens (tertiary/aromatic N) is 1. The number of hydrogen-bond donors (Lipinski definition) is 3. The molecule has 6 nitrogen and oxygen atoms in total. The number of benzene rings is 2. The van der Waals surface area contributed by atoms with E-state index in [0.29, 0.717) is 25.5 Å². The zero-order valence-electron chi connectivity index (χ0n) is 15.7. The minimum Gasteiger partial charge on any atom is -0.494 e. The Morgan fingerprint density at radius 1 is 1.03 bits per heavy atom. The minimum absolute atomic E-state index is 0. The standard InChI is InChI=1S/C19H21F3N4O2.HI/c1-23-19(24-10-5-11-28-13-6-3-2-4-7-13)25-12-16(27)26-15-9-8-14(20)17(21)18(15)22;/h2-4,6-9H,5,10-12H2,1H3,(H,26,27)(H2,23,24,25);1H. The van der Waals surface area contributed by atoms with E-state index in [0.717, 1.165) is 17.9 Å². The number of carbonyl (C=O) groups excluding carboxylic acids is 1. The molecule has 2 rings (SSSR count). The number of hydrogen-bond acceptors (Lipinski definition) is 3. The van der Waals surface area contributed by atoms with Crippen molar-refractivity contribution in [2.45, 2.75) is 6.42 Å². The Kier molecular flexibility index (Phi) is 10.9. The number of ether oxygens (including phenoxy) is 1. The van der Waals surface area contributed by atoms with Crippen molar-refractivity contribution in [1.82, 2.24) is 10.6 Å². The lowest BCUT2D eigenvalue weighted by Gasteiger charge is -2.12. The van der Waals surface area contributed by atoms with E-state index in [9.17, 15) is 18.0 Å². The Balaban J connectivity index is 0.00000420. The first-order chi connectivity index (χ1) is 13.5. The molecular formula is C19H22F3IN4O2. The van der Waals surface area contributed by atoms with Gasteiger partial charge in [0.05, 0.1) is 18.8 Å². The number of rotatable bonds is 8. The quantitative estimate of drug-likeness (QED) is 0.164. The molecule has 0 saturated heterocycles. The lowest BCUT2D eigenvalue weighted by Crippen LogP contribution is -2.42. The molecule has 0 aliphatic heterocycles. The van der Waals surface area contributed by atoms with E-state index in [-0.39, 0.29) is 30.5 Å². The molecule has 2 aromatic carbocycles. The van der Waals surface area contributed by atoms with Crippen LogP contribution in [0.5, 0.6) is 5.75 Å². The number of aliphatic imine (C=N–C) groups is 1. The summed E-state index contributed by atoms with van der Waals surface area (Å²) < 4.78 is 45.2. The molecule has 0 fully saturated rings. The van der Waals surface area contributed by atoms with Crippen LogP contribution in [0.15, 0.2) is 47.5 Å². The Morgan fingerprint density at radius 3 is 2.45 bits per heavy atom. The van der Waals surface area contributed by atoms with E-state index in [2.05, 4.69) is 20.9 Å². The summed E-state index contributed by atoms with van der Waals surface area (Å²) in [5, 5.41) is 7.90. The van der Waals surface area contributed by atoms with Gasteiger partial charge in [-0.1, -0.05) is 18.2 Å². The highest BCUT2D eigenvalue weighted by Crippen LogP contribution is 2.19. The fourth-order valence-corrected chi connectivity index (χ4v) is 2.19. The first-order valence-electron chi connectivity index (χ1n) is 8.57. The fourth-order valence-electron chi connectivity index (χ4n) is 2.19. The van der Waals surface area contributed by atoms with Gasteiger partial charge in [0.2, 0.25) is 5.91 Å². The Labute approximate surface area is 184 Å². The molecule has 2 aromatic rings. The van der Waals surface area contributed by atoms with Crippen molar-refractivity contribution in [3.05, 3.63) is 59.9 Å². The van der Waals surface area contributed by atoms with Gasteiger partial charge in [0, 0.05) is 13.6 Å². The van der Waals surface area contributed by atoms with Gasteiger partial charge in [0.25, 0.3) is 0 Å². The summed E-state index contributed by atoms with van der Waals surface area (Å²) in [6.45, 7) is 0.814. The molecule has 0 aliphatic carbocycles. The second kappa shape index (κ2) is 12.9. The third-order valence-electron chi connectivity index (χ3n) is 3.57. The molecule has 10 heteroatoms. The van der Waals surface area contributed by atoms with Crippen molar-refractivity contribution in [2.24, 2.45) is 4.99 Å². The van der Waals surface area contributed by atoms with Crippen LogP contribution in [0.2, 0.25) is 0 Å². The highest BCUT2D eigenvalue weighted by atomic mass is 127. The maximum atomic E-state index is 13.6. The Bertz CT molecular complexity index is 823. The van der Waals surface area contributed by atoms with Gasteiger partial charge in [0.1, 0.15) is 5.75 Å². The van der Waals surface area contributed by atoms with Gasteiger partial charge >= 0.3 is 0 Å². The second-order valence-corrected chi connectivity index (χ2v) is 5.64. The molecule has 1 amide bonds. The van der Waals surface area contributed by atoms with Crippen molar-refractivity contribution >= 4 is 41.5 Å². The topological polar surface area (TPSA) is 74.8 Å². The van der Waals surface area contributed by atoms with E-state index in [1.807, 2.05) is 30.3 Å². The van der Waals surface area contributed by atoms with Crippen LogP contribution in [-0.2, 0) is 4.79 Å². The average molecular weight is 522 g/mol. The van der Waals surface area contributed by atoms with E-state index in [1.54, 1.807) is 0 Å². The molecule has 29 heavy (non-hydrogen) atoms. The van der Waals surface area contributed by atoms with E-state index >= 15 is 0 Å². The van der Waals surface area contributed by atoms with Gasteiger partial charge in [-0.15, -0.1) is 24.0 Å². The monoisotopic (exact) mass is 522 g/mol. The number of halogens is 4. The molecule has 0 atom stereocenters. The zero-order valence-corrected chi connectivity index (χ0v) is 18.0. The highest BCUT2D eigenvalue weighted by molar-refractivity contribution is 14.0. The number of nitrogens with one attached hydrogen (secondary N) is 3. The SMILES string of the molecule is CN=C(NCCCOc1ccccc1)NCC(=O)Nc1ccc(F)c(F)c1F.I. The second-order valence-electron chi connectivity index (χ2n) is 5.64. The maximum Gasteiger partial charge on any atom is 0.243 e. The Hall–Kier alpha value is -2.50. The molecule has 158 valence electrons. The van der Waals surface area contributed by atoms with Crippen LogP contribution in [-0.4, -0.2) is 38.6 Å². The van der Waals surface area contributed by atoms with Crippen molar-refractivity contribution in [2.75, 3.05) is 32.1 Å². The summed E-state index contributed by atoms with van der Waals surface area (Å²) in [5.41, 5.74) is -0.438. The molecular weight excluding hydrogens is 500 g/mol. The molecule has 0 aromatic heterocycles. The molecule has 0 saturated carbocycles. The summed E-state index contributed by atoms with van der Waals surface area (Å²) in [7, 11) is 1.53. The van der Waals surface area contributed by atoms with Gasteiger partial charge < -0.3 is 20.7 Å². The first kappa shape index (κ1) is 24.5. The van der Waals surface area contributed by atoms with Crippen LogP contribution in [0.3, 0.4) is 0 Å². The summed E-state index contributed by atoms with van der Waals surface area (Å²) in [4.78, 5) is 15.8. The summed E-state index contributed by atoms with van der Waals surface area (Å²) in [6, 6.07) is 11.1. The van der Waals surface area contributed by atoms with Gasteiger partial charge in [-0.25, -0.2) is 13.2 Å². The summed E-state index contributed by atoms with van der Waals surface area (Å²) >= 11 is 0. The number of para-hydroxylation sites is 1. The van der Waals surface area contributed by atoms with Crippen LogP contribution < -0.4 is 20.7 Å². The van der Waals surface area contributed by atoms with Crippen molar-refractivity contribution in [3.63, 3.8) is 0 Å². The van der Waals surface area contributed by atoms with Gasteiger partial charge in [-0.05, 0) is 30.7 Å². The van der Waals surface area contributed by atoms with Crippen molar-refractivity contribution in [3.8, 4) is 5.75 Å². The number of guanidine groups is 1. The average Bonchev–Trinajstić information content (AvgIpc) is 2.71. The Morgan fingerprint density at radius 2 is 1.76 bits per heavy atom. The van der Waals surface area contributed by atoms with E-state index in [1.165, 1.54) is 7.05 Å². The van der Waals surface area contributed by atoms with E-state index in [4.69, 9.17) is 4.74 Å². The summed E-state index contributed by atoms with van der Waals surface area (Å²) in [5.74, 6) is -3.91. The van der Waals surface area contributed by atoms with Crippen LogP contribution in [0.25, 0.3) is 0 Å². The van der Waals surface area contributed by atoms with Gasteiger partial charge in [0.15, 0.2) is 23.4 Å². The highest BCUT2D eigenvalue weighted by Gasteiger charge is 2.15. The van der Waals surface area contributed by atoms with E-state index < -0.39 is 29.0 Å². The molecule has 0 aliphatic rings. The molecule has 0 bridgehead atoms. The lowest BCUT2D eigenvalue weighted by molar-refractivity contribution is -0.115. The number of anilines is 1. The maximum absolute atomic E-state index is 13.6. The largest absolute Gasteiger partial charge is 0.494 e. The molecule has 3 N–H and O–H groups in total. The zero-order chi connectivity index (χ0) is 20.4. The molecule has 0 radical (unpaired) electrons. The predicted octanol–water partition coefficient (Wildman–Crippen LogP) is 3.29. The lowest BCUT2D eigenvalue weighted by atomic mass is 10.2. The van der Waals surface area contributed by atoms with Crippen LogP contribution in [0.4, 0.5) is 18.9 Å².